The Morgan fingerprint density at radius 1 is 1.24 bits per heavy atom. The monoisotopic (exact) mass is 518 g/mol. The SMILES string of the molecule is CC(c1cc(S(=O)(=O)NC(=O)Cc2c(-c3ccnc(C#N)c3)ccc3c2CCC3)nn1C1CC1)N(C)C. The summed E-state index contributed by atoms with van der Waals surface area (Å²) in [6.07, 6.45) is 6.14. The first kappa shape index (κ1) is 25.1. The van der Waals surface area contributed by atoms with Gasteiger partial charge >= 0.3 is 0 Å². The third-order valence-electron chi connectivity index (χ3n) is 7.29. The molecule has 9 nitrogen and oxygen atoms in total. The molecule has 0 bridgehead atoms. The largest absolute Gasteiger partial charge is 0.301 e. The van der Waals surface area contributed by atoms with E-state index >= 15 is 0 Å². The zero-order chi connectivity index (χ0) is 26.3. The molecule has 1 atom stereocenters. The molecule has 1 unspecified atom stereocenters. The number of nitrogens with zero attached hydrogens (tertiary/aromatic N) is 5. The van der Waals surface area contributed by atoms with E-state index in [1.807, 2.05) is 32.0 Å². The molecule has 0 spiro atoms. The van der Waals surface area contributed by atoms with E-state index in [9.17, 15) is 18.5 Å². The Hall–Kier alpha value is -3.55. The van der Waals surface area contributed by atoms with Crippen LogP contribution in [-0.4, -0.2) is 48.1 Å². The van der Waals surface area contributed by atoms with Crippen LogP contribution in [0.4, 0.5) is 0 Å². The molecule has 37 heavy (non-hydrogen) atoms. The van der Waals surface area contributed by atoms with Crippen molar-refractivity contribution in [1.29, 1.82) is 5.26 Å². The van der Waals surface area contributed by atoms with Crippen LogP contribution in [0.15, 0.2) is 41.6 Å². The predicted molar refractivity (Wildman–Crippen MR) is 138 cm³/mol. The molecule has 1 fully saturated rings. The van der Waals surface area contributed by atoms with Crippen molar-refractivity contribution in [3.8, 4) is 17.2 Å². The van der Waals surface area contributed by atoms with E-state index in [1.54, 1.807) is 29.1 Å². The Kier molecular flexibility index (Phi) is 6.60. The molecule has 5 rings (SSSR count). The lowest BCUT2D eigenvalue weighted by atomic mass is 9.91. The van der Waals surface area contributed by atoms with E-state index in [4.69, 9.17) is 0 Å². The van der Waals surface area contributed by atoms with Gasteiger partial charge in [-0.3, -0.25) is 9.48 Å². The number of aromatic nitrogens is 3. The minimum atomic E-state index is -4.15. The second-order valence-electron chi connectivity index (χ2n) is 10.1. The summed E-state index contributed by atoms with van der Waals surface area (Å²) in [6.45, 7) is 2.00. The lowest BCUT2D eigenvalue weighted by Crippen LogP contribution is -2.32. The highest BCUT2D eigenvalue weighted by atomic mass is 32.2. The predicted octanol–water partition coefficient (Wildman–Crippen LogP) is 3.31. The second kappa shape index (κ2) is 9.72. The number of nitrogens with one attached hydrogen (secondary N) is 1. The highest BCUT2D eigenvalue weighted by Gasteiger charge is 2.33. The fraction of sp³-hybridized carbons (Fsp3) is 0.407. The molecule has 2 aromatic heterocycles. The number of amides is 1. The molecule has 3 aromatic rings. The van der Waals surface area contributed by atoms with Crippen molar-refractivity contribution < 1.29 is 13.2 Å². The average molecular weight is 519 g/mol. The van der Waals surface area contributed by atoms with Crippen molar-refractivity contribution >= 4 is 15.9 Å². The third kappa shape index (κ3) is 5.02. The van der Waals surface area contributed by atoms with Crippen LogP contribution in [-0.2, 0) is 34.1 Å². The fourth-order valence-electron chi connectivity index (χ4n) is 4.98. The number of rotatable bonds is 8. The molecule has 0 saturated heterocycles. The summed E-state index contributed by atoms with van der Waals surface area (Å²) in [5.41, 5.74) is 5.74. The van der Waals surface area contributed by atoms with Crippen LogP contribution in [0.1, 0.15) is 66.3 Å². The highest BCUT2D eigenvalue weighted by Crippen LogP contribution is 2.38. The number of nitriles is 1. The Bertz CT molecular complexity index is 1520. The molecule has 0 radical (unpaired) electrons. The Morgan fingerprint density at radius 3 is 2.73 bits per heavy atom. The minimum absolute atomic E-state index is 0.0270. The Morgan fingerprint density at radius 2 is 2.03 bits per heavy atom. The van der Waals surface area contributed by atoms with Crippen molar-refractivity contribution in [2.45, 2.75) is 62.6 Å². The lowest BCUT2D eigenvalue weighted by molar-refractivity contribution is -0.118. The van der Waals surface area contributed by atoms with Gasteiger partial charge in [0.1, 0.15) is 11.8 Å². The van der Waals surface area contributed by atoms with E-state index in [-0.39, 0.29) is 29.2 Å². The summed E-state index contributed by atoms with van der Waals surface area (Å²) >= 11 is 0. The van der Waals surface area contributed by atoms with Gasteiger partial charge in [-0.05, 0) is 93.1 Å². The number of benzene rings is 1. The zero-order valence-electron chi connectivity index (χ0n) is 21.2. The maximum Gasteiger partial charge on any atom is 0.283 e. The lowest BCUT2D eigenvalue weighted by Gasteiger charge is -2.20. The topological polar surface area (TPSA) is 121 Å². The maximum absolute atomic E-state index is 13.2. The van der Waals surface area contributed by atoms with Crippen LogP contribution < -0.4 is 4.72 Å². The number of carbonyl (C=O) groups excluding carboxylic acids is 1. The zero-order valence-corrected chi connectivity index (χ0v) is 22.0. The highest BCUT2D eigenvalue weighted by molar-refractivity contribution is 7.90. The molecular weight excluding hydrogens is 488 g/mol. The maximum atomic E-state index is 13.2. The van der Waals surface area contributed by atoms with Gasteiger partial charge < -0.3 is 4.90 Å². The quantitative estimate of drug-likeness (QED) is 0.486. The third-order valence-corrected chi connectivity index (χ3v) is 8.53. The van der Waals surface area contributed by atoms with Crippen LogP contribution in [0.5, 0.6) is 0 Å². The Balaban J connectivity index is 1.44. The average Bonchev–Trinajstić information content (AvgIpc) is 3.41. The molecule has 1 saturated carbocycles. The van der Waals surface area contributed by atoms with Crippen molar-refractivity contribution in [2.24, 2.45) is 0 Å². The number of pyridine rings is 1. The normalized spacial score (nSPS) is 15.9. The molecule has 2 aliphatic rings. The molecule has 1 N–H and O–H groups in total. The summed E-state index contributed by atoms with van der Waals surface area (Å²) in [5, 5.41) is 13.5. The van der Waals surface area contributed by atoms with E-state index in [2.05, 4.69) is 26.9 Å². The van der Waals surface area contributed by atoms with Gasteiger partial charge in [-0.2, -0.15) is 18.8 Å². The summed E-state index contributed by atoms with van der Waals surface area (Å²) in [5.74, 6) is -0.612. The van der Waals surface area contributed by atoms with E-state index in [1.165, 1.54) is 5.56 Å². The minimum Gasteiger partial charge on any atom is -0.301 e. The molecule has 2 heterocycles. The summed E-state index contributed by atoms with van der Waals surface area (Å²) in [4.78, 5) is 19.2. The molecule has 2 aliphatic carbocycles. The van der Waals surface area contributed by atoms with Crippen molar-refractivity contribution in [3.63, 3.8) is 0 Å². The molecule has 1 aromatic carbocycles. The van der Waals surface area contributed by atoms with Crippen molar-refractivity contribution in [2.75, 3.05) is 14.1 Å². The number of carbonyl (C=O) groups is 1. The molecule has 192 valence electrons. The van der Waals surface area contributed by atoms with Crippen LogP contribution in [0.25, 0.3) is 11.1 Å². The van der Waals surface area contributed by atoms with Crippen LogP contribution in [0.3, 0.4) is 0 Å². The molecule has 1 amide bonds. The Labute approximate surface area is 217 Å². The number of hydrogen-bond acceptors (Lipinski definition) is 7. The first-order chi connectivity index (χ1) is 17.7. The standard InChI is InChI=1S/C27H30N6O3S/c1-17(32(2)3)25-15-27(30-33(25)21-8-9-21)37(35,36)31-26(34)14-24-22-6-4-5-18(22)7-10-23(24)19-11-12-29-20(13-19)16-28/h7,10-13,15,17,21H,4-6,8-9,14H2,1-3H3,(H,31,34). The van der Waals surface area contributed by atoms with Crippen LogP contribution in [0, 0.1) is 11.3 Å². The van der Waals surface area contributed by atoms with E-state index in [0.29, 0.717) is 0 Å². The summed E-state index contributed by atoms with van der Waals surface area (Å²) in [7, 11) is -0.284. The van der Waals surface area contributed by atoms with Gasteiger partial charge in [-0.15, -0.1) is 0 Å². The molecular formula is C27H30N6O3S. The number of aryl methyl sites for hydroxylation is 1. The van der Waals surface area contributed by atoms with Crippen LogP contribution in [0.2, 0.25) is 0 Å². The van der Waals surface area contributed by atoms with Gasteiger partial charge in [-0.25, -0.2) is 9.71 Å². The molecule has 0 aliphatic heterocycles. The number of fused-ring (bicyclic) bond motifs is 1. The van der Waals surface area contributed by atoms with Gasteiger partial charge in [0, 0.05) is 18.3 Å². The van der Waals surface area contributed by atoms with Gasteiger partial charge in [0.15, 0.2) is 5.03 Å². The van der Waals surface area contributed by atoms with E-state index in [0.717, 1.165) is 60.1 Å². The van der Waals surface area contributed by atoms with Gasteiger partial charge in [-0.1, -0.05) is 12.1 Å². The van der Waals surface area contributed by atoms with Crippen LogP contribution >= 0.6 is 0 Å². The van der Waals surface area contributed by atoms with Gasteiger partial charge in [0.05, 0.1) is 18.2 Å². The first-order valence-electron chi connectivity index (χ1n) is 12.5. The first-order valence-corrected chi connectivity index (χ1v) is 14.0. The van der Waals surface area contributed by atoms with Gasteiger partial charge in [0.25, 0.3) is 10.0 Å². The summed E-state index contributed by atoms with van der Waals surface area (Å²) in [6, 6.07) is 11.3. The number of hydrogen-bond donors (Lipinski definition) is 1. The second-order valence-corrected chi connectivity index (χ2v) is 11.7. The fourth-order valence-corrected chi connectivity index (χ4v) is 5.93. The van der Waals surface area contributed by atoms with Crippen molar-refractivity contribution in [3.05, 3.63) is 64.6 Å². The van der Waals surface area contributed by atoms with Crippen molar-refractivity contribution in [1.82, 2.24) is 24.4 Å². The smallest absolute Gasteiger partial charge is 0.283 e. The molecule has 10 heteroatoms. The number of sulfonamides is 1. The summed E-state index contributed by atoms with van der Waals surface area (Å²) < 4.78 is 30.5. The van der Waals surface area contributed by atoms with Gasteiger partial charge in [0.2, 0.25) is 5.91 Å². The van der Waals surface area contributed by atoms with E-state index < -0.39 is 15.9 Å².